The molecule has 1 aromatic carbocycles. The third-order valence-electron chi connectivity index (χ3n) is 2.27. The normalized spacial score (nSPS) is 10.8. The van der Waals surface area contributed by atoms with Gasteiger partial charge in [-0.25, -0.2) is 4.68 Å². The van der Waals surface area contributed by atoms with Crippen LogP contribution in [0.1, 0.15) is 6.92 Å². The van der Waals surface area contributed by atoms with Gasteiger partial charge >= 0.3 is 59.1 Å². The average Bonchev–Trinajstić information content (AvgIpc) is 2.75. The van der Waals surface area contributed by atoms with Crippen LogP contribution in [0.3, 0.4) is 0 Å². The van der Waals surface area contributed by atoms with E-state index in [4.69, 9.17) is 12.6 Å². The summed E-state index contributed by atoms with van der Waals surface area (Å²) in [4.78, 5) is 10.6. The second-order valence-corrected chi connectivity index (χ2v) is 3.97. The quantitative estimate of drug-likeness (QED) is 0.443. The van der Waals surface area contributed by atoms with E-state index in [0.29, 0.717) is 11.4 Å². The van der Waals surface area contributed by atoms with Gasteiger partial charge in [0.1, 0.15) is 0 Å². The van der Waals surface area contributed by atoms with Crippen molar-refractivity contribution in [1.82, 2.24) is 20.2 Å². The minimum absolute atomic E-state index is 0. The van der Waals surface area contributed by atoms with Gasteiger partial charge < -0.3 is 27.8 Å². The molecule has 20 heavy (non-hydrogen) atoms. The minimum atomic E-state index is -1.17. The van der Waals surface area contributed by atoms with Crippen LogP contribution in [-0.2, 0) is 17.4 Å². The van der Waals surface area contributed by atoms with E-state index < -0.39 is 12.0 Å². The van der Waals surface area contributed by atoms with Gasteiger partial charge in [-0.2, -0.15) is 0 Å². The second-order valence-electron chi connectivity index (χ2n) is 3.61. The van der Waals surface area contributed by atoms with Crippen molar-refractivity contribution in [3.8, 4) is 5.69 Å². The first-order valence-electron chi connectivity index (χ1n) is 5.11. The van der Waals surface area contributed by atoms with E-state index >= 15 is 0 Å². The molecule has 0 aliphatic carbocycles. The van der Waals surface area contributed by atoms with Gasteiger partial charge in [0.25, 0.3) is 0 Å². The average molecular weight is 309 g/mol. The number of carboxylic acids is 1. The number of hydrogen-bond donors (Lipinski definition) is 1. The van der Waals surface area contributed by atoms with Gasteiger partial charge in [0, 0.05) is 10.8 Å². The van der Waals surface area contributed by atoms with Crippen molar-refractivity contribution in [3.63, 3.8) is 0 Å². The summed E-state index contributed by atoms with van der Waals surface area (Å²) in [6, 6.07) is 6.15. The van der Waals surface area contributed by atoms with Crippen LogP contribution in [-0.4, -0.2) is 32.2 Å². The summed E-state index contributed by atoms with van der Waals surface area (Å²) in [7, 11) is 0. The molecule has 0 spiro atoms. The zero-order valence-electron chi connectivity index (χ0n) is 11.4. The standard InChI is InChI=1S/C10H11N5O2S.2Na/c1-6(9(16)17)11-7-3-2-4-8(5-7)15-10(18)12-13-14-15;;/h2-6,11H,1H3,(H,16,17)(H,12,14,18);;/q;2*+1/p-2. The summed E-state index contributed by atoms with van der Waals surface area (Å²) >= 11 is 4.94. The summed E-state index contributed by atoms with van der Waals surface area (Å²) < 4.78 is 1.38. The summed E-state index contributed by atoms with van der Waals surface area (Å²) in [5.74, 6) is -1.17. The Morgan fingerprint density at radius 3 is 2.70 bits per heavy atom. The number of benzene rings is 1. The molecule has 1 aromatic heterocycles. The first kappa shape index (κ1) is 19.8. The van der Waals surface area contributed by atoms with Crippen LogP contribution < -0.4 is 69.5 Å². The van der Waals surface area contributed by atoms with Gasteiger partial charge in [0.15, 0.2) is 0 Å². The molecule has 0 amide bonds. The summed E-state index contributed by atoms with van der Waals surface area (Å²) in [6.07, 6.45) is 0. The Kier molecular flexibility index (Phi) is 8.83. The monoisotopic (exact) mass is 309 g/mol. The van der Waals surface area contributed by atoms with E-state index in [1.54, 1.807) is 24.3 Å². The summed E-state index contributed by atoms with van der Waals surface area (Å²) in [5.41, 5.74) is 1.27. The van der Waals surface area contributed by atoms with E-state index in [-0.39, 0.29) is 64.3 Å². The maximum atomic E-state index is 10.6. The molecule has 7 nitrogen and oxygen atoms in total. The molecule has 94 valence electrons. The Bertz CT molecular complexity index is 580. The number of carbonyl (C=O) groups is 1. The third kappa shape index (κ3) is 4.96. The smallest absolute Gasteiger partial charge is 0.738 e. The van der Waals surface area contributed by atoms with Gasteiger partial charge in [-0.05, 0) is 35.5 Å². The Balaban J connectivity index is 0.00000180. The molecule has 0 bridgehead atoms. The first-order valence-corrected chi connectivity index (χ1v) is 5.52. The van der Waals surface area contributed by atoms with Crippen molar-refractivity contribution in [2.75, 3.05) is 5.32 Å². The SMILES string of the molecule is CC(Nc1cccc(-n2nnnc2[S-])c1)C(=O)[O-].[Na+].[Na+]. The zero-order valence-corrected chi connectivity index (χ0v) is 16.2. The van der Waals surface area contributed by atoms with Crippen molar-refractivity contribution < 1.29 is 69.0 Å². The molecule has 1 atom stereocenters. The number of anilines is 1. The topological polar surface area (TPSA) is 95.8 Å². The Hall–Kier alpha value is -0.220. The van der Waals surface area contributed by atoms with Crippen molar-refractivity contribution in [2.24, 2.45) is 0 Å². The first-order chi connectivity index (χ1) is 8.58. The Morgan fingerprint density at radius 2 is 2.15 bits per heavy atom. The number of nitrogens with zero attached hydrogens (tertiary/aromatic N) is 4. The van der Waals surface area contributed by atoms with Crippen molar-refractivity contribution in [1.29, 1.82) is 0 Å². The molecule has 2 aromatic rings. The van der Waals surface area contributed by atoms with Crippen LogP contribution in [0.25, 0.3) is 5.69 Å². The molecule has 0 aliphatic heterocycles. The summed E-state index contributed by atoms with van der Waals surface area (Å²) in [6.45, 7) is 1.50. The molecular weight excluding hydrogens is 300 g/mol. The van der Waals surface area contributed by atoms with Gasteiger partial charge in [-0.3, -0.25) is 0 Å². The van der Waals surface area contributed by atoms with E-state index in [0.717, 1.165) is 0 Å². The van der Waals surface area contributed by atoms with E-state index in [9.17, 15) is 9.90 Å². The zero-order chi connectivity index (χ0) is 13.1. The number of carboxylic acid groups (broad SMARTS) is 1. The fraction of sp³-hybridized carbons (Fsp3) is 0.200. The third-order valence-corrected chi connectivity index (χ3v) is 2.52. The molecule has 0 radical (unpaired) electrons. The van der Waals surface area contributed by atoms with Gasteiger partial charge in [0.05, 0.1) is 17.7 Å². The molecule has 10 heteroatoms. The second kappa shape index (κ2) is 8.93. The fourth-order valence-corrected chi connectivity index (χ4v) is 1.56. The number of nitrogens with one attached hydrogen (secondary N) is 1. The van der Waals surface area contributed by atoms with Crippen molar-refractivity contribution >= 4 is 24.3 Å². The van der Waals surface area contributed by atoms with Gasteiger partial charge in [-0.1, -0.05) is 6.07 Å². The largest absolute Gasteiger partial charge is 1.00 e. The number of rotatable bonds is 4. The predicted octanol–water partition coefficient (Wildman–Crippen LogP) is -6.87. The van der Waals surface area contributed by atoms with Crippen LogP contribution in [0.4, 0.5) is 5.69 Å². The maximum Gasteiger partial charge on any atom is 1.00 e. The van der Waals surface area contributed by atoms with E-state index in [2.05, 4.69) is 20.8 Å². The number of aromatic nitrogens is 4. The molecule has 1 N–H and O–H groups in total. The molecule has 1 heterocycles. The van der Waals surface area contributed by atoms with Crippen LogP contribution in [0, 0.1) is 0 Å². The van der Waals surface area contributed by atoms with E-state index in [1.807, 2.05) is 0 Å². The van der Waals surface area contributed by atoms with Crippen LogP contribution in [0.5, 0.6) is 0 Å². The van der Waals surface area contributed by atoms with Crippen molar-refractivity contribution in [3.05, 3.63) is 24.3 Å². The number of hydrogen-bond acceptors (Lipinski definition) is 7. The molecule has 0 saturated carbocycles. The number of tetrazole rings is 1. The van der Waals surface area contributed by atoms with Crippen LogP contribution in [0.2, 0.25) is 0 Å². The van der Waals surface area contributed by atoms with Crippen LogP contribution in [0.15, 0.2) is 29.4 Å². The van der Waals surface area contributed by atoms with E-state index in [1.165, 1.54) is 11.6 Å². The fourth-order valence-electron chi connectivity index (χ4n) is 1.38. The Labute approximate surface area is 165 Å². The van der Waals surface area contributed by atoms with Crippen LogP contribution >= 0.6 is 0 Å². The summed E-state index contributed by atoms with van der Waals surface area (Å²) in [5, 5.41) is 24.5. The number of carbonyl (C=O) groups excluding carboxylic acids is 1. The molecule has 0 fully saturated rings. The van der Waals surface area contributed by atoms with Gasteiger partial charge in [0.2, 0.25) is 0 Å². The molecule has 2 rings (SSSR count). The van der Waals surface area contributed by atoms with Gasteiger partial charge in [-0.15, -0.1) is 5.10 Å². The maximum absolute atomic E-state index is 10.6. The molecular formula is C10H9N5Na2O2S. The minimum Gasteiger partial charge on any atom is -0.738 e. The Morgan fingerprint density at radius 1 is 1.45 bits per heavy atom. The molecule has 0 aliphatic rings. The number of aliphatic carboxylic acids is 1. The molecule has 1 unspecified atom stereocenters. The van der Waals surface area contributed by atoms with Crippen molar-refractivity contribution in [2.45, 2.75) is 18.1 Å². The molecule has 0 saturated heterocycles. The predicted molar refractivity (Wildman–Crippen MR) is 62.9 cm³/mol.